The number of hydrogen-bond donors (Lipinski definition) is 1. The van der Waals surface area contributed by atoms with Crippen LogP contribution in [0.15, 0.2) is 30.3 Å². The van der Waals surface area contributed by atoms with Crippen LogP contribution >= 0.6 is 0 Å². The number of ether oxygens (including phenoxy) is 1. The molecule has 1 rings (SSSR count). The summed E-state index contributed by atoms with van der Waals surface area (Å²) in [5.41, 5.74) is 7.26. The predicted octanol–water partition coefficient (Wildman–Crippen LogP) is 2.60. The standard InChI is InChI=1S/C17H28N2O2/c1-5-13(2)19(11-12-21-4)17(20)14(3)16(18)15-9-7-6-8-10-15/h6-10,13-14,16H,5,11-12,18H2,1-4H3. The van der Waals surface area contributed by atoms with Crippen LogP contribution in [0.25, 0.3) is 0 Å². The first-order valence-corrected chi connectivity index (χ1v) is 7.62. The predicted molar refractivity (Wildman–Crippen MR) is 85.9 cm³/mol. The summed E-state index contributed by atoms with van der Waals surface area (Å²) in [4.78, 5) is 14.6. The second-order valence-electron chi connectivity index (χ2n) is 5.51. The van der Waals surface area contributed by atoms with Crippen molar-refractivity contribution in [1.82, 2.24) is 4.90 Å². The minimum atomic E-state index is -0.284. The van der Waals surface area contributed by atoms with E-state index in [0.717, 1.165) is 12.0 Å². The summed E-state index contributed by atoms with van der Waals surface area (Å²) in [6, 6.07) is 9.69. The molecular formula is C17H28N2O2. The van der Waals surface area contributed by atoms with Gasteiger partial charge in [0.25, 0.3) is 0 Å². The van der Waals surface area contributed by atoms with Crippen molar-refractivity contribution in [2.45, 2.75) is 39.3 Å². The molecule has 0 aliphatic heterocycles. The van der Waals surface area contributed by atoms with E-state index in [4.69, 9.17) is 10.5 Å². The first-order chi connectivity index (χ1) is 10.0. The average Bonchev–Trinajstić information content (AvgIpc) is 2.53. The second kappa shape index (κ2) is 8.80. The van der Waals surface area contributed by atoms with Crippen LogP contribution in [-0.4, -0.2) is 37.1 Å². The van der Waals surface area contributed by atoms with Gasteiger partial charge >= 0.3 is 0 Å². The third kappa shape index (κ3) is 4.83. The zero-order chi connectivity index (χ0) is 15.8. The summed E-state index contributed by atoms with van der Waals surface area (Å²) >= 11 is 0. The number of benzene rings is 1. The van der Waals surface area contributed by atoms with E-state index in [9.17, 15) is 4.79 Å². The molecule has 4 nitrogen and oxygen atoms in total. The normalized spacial score (nSPS) is 15.3. The summed E-state index contributed by atoms with van der Waals surface area (Å²) in [7, 11) is 1.65. The van der Waals surface area contributed by atoms with Crippen LogP contribution < -0.4 is 5.73 Å². The Morgan fingerprint density at radius 2 is 1.90 bits per heavy atom. The van der Waals surface area contributed by atoms with E-state index in [0.29, 0.717) is 13.2 Å². The Morgan fingerprint density at radius 1 is 1.29 bits per heavy atom. The van der Waals surface area contributed by atoms with Gasteiger partial charge in [-0.05, 0) is 18.9 Å². The molecule has 118 valence electrons. The SMILES string of the molecule is CCC(C)N(CCOC)C(=O)C(C)C(N)c1ccccc1. The van der Waals surface area contributed by atoms with Gasteiger partial charge in [-0.25, -0.2) is 0 Å². The highest BCUT2D eigenvalue weighted by atomic mass is 16.5. The maximum atomic E-state index is 12.8. The molecule has 2 N–H and O–H groups in total. The van der Waals surface area contributed by atoms with Gasteiger partial charge in [-0.3, -0.25) is 4.79 Å². The van der Waals surface area contributed by atoms with E-state index in [1.165, 1.54) is 0 Å². The van der Waals surface area contributed by atoms with Gasteiger partial charge in [-0.1, -0.05) is 44.2 Å². The van der Waals surface area contributed by atoms with E-state index >= 15 is 0 Å². The van der Waals surface area contributed by atoms with Crippen LogP contribution in [0.4, 0.5) is 0 Å². The molecule has 0 fully saturated rings. The molecule has 0 aromatic heterocycles. The van der Waals surface area contributed by atoms with E-state index in [-0.39, 0.29) is 23.9 Å². The summed E-state index contributed by atoms with van der Waals surface area (Å²) in [6.45, 7) is 7.20. The maximum absolute atomic E-state index is 12.8. The Hall–Kier alpha value is -1.39. The summed E-state index contributed by atoms with van der Waals surface area (Å²) in [5.74, 6) is -0.156. The summed E-state index contributed by atoms with van der Waals surface area (Å²) < 4.78 is 5.12. The molecule has 0 radical (unpaired) electrons. The minimum absolute atomic E-state index is 0.0951. The molecule has 1 aromatic carbocycles. The monoisotopic (exact) mass is 292 g/mol. The van der Waals surface area contributed by atoms with E-state index in [2.05, 4.69) is 13.8 Å². The number of carbonyl (C=O) groups excluding carboxylic acids is 1. The summed E-state index contributed by atoms with van der Waals surface area (Å²) in [6.07, 6.45) is 0.919. The number of carbonyl (C=O) groups is 1. The number of nitrogens with zero attached hydrogens (tertiary/aromatic N) is 1. The van der Waals surface area contributed by atoms with Crippen molar-refractivity contribution in [1.29, 1.82) is 0 Å². The molecule has 4 heteroatoms. The number of methoxy groups -OCH3 is 1. The molecule has 0 saturated heterocycles. The van der Waals surface area contributed by atoms with Crippen LogP contribution in [0.3, 0.4) is 0 Å². The zero-order valence-corrected chi connectivity index (χ0v) is 13.6. The molecule has 21 heavy (non-hydrogen) atoms. The van der Waals surface area contributed by atoms with Crippen molar-refractivity contribution in [3.63, 3.8) is 0 Å². The minimum Gasteiger partial charge on any atom is -0.383 e. The lowest BCUT2D eigenvalue weighted by molar-refractivity contribution is -0.138. The highest BCUT2D eigenvalue weighted by Crippen LogP contribution is 2.22. The van der Waals surface area contributed by atoms with Gasteiger partial charge in [0.2, 0.25) is 5.91 Å². The highest BCUT2D eigenvalue weighted by Gasteiger charge is 2.28. The first kappa shape index (κ1) is 17.7. The maximum Gasteiger partial charge on any atom is 0.227 e. The lowest BCUT2D eigenvalue weighted by atomic mass is 9.93. The van der Waals surface area contributed by atoms with E-state index in [1.54, 1.807) is 7.11 Å². The number of nitrogens with two attached hydrogens (primary N) is 1. The molecule has 1 amide bonds. The van der Waals surface area contributed by atoms with Gasteiger partial charge < -0.3 is 15.4 Å². The van der Waals surface area contributed by atoms with Crippen molar-refractivity contribution in [2.24, 2.45) is 11.7 Å². The van der Waals surface area contributed by atoms with Crippen molar-refractivity contribution in [2.75, 3.05) is 20.3 Å². The van der Waals surface area contributed by atoms with Crippen molar-refractivity contribution < 1.29 is 9.53 Å². The average molecular weight is 292 g/mol. The number of amides is 1. The van der Waals surface area contributed by atoms with Crippen molar-refractivity contribution >= 4 is 5.91 Å². The molecule has 3 atom stereocenters. The second-order valence-corrected chi connectivity index (χ2v) is 5.51. The lowest BCUT2D eigenvalue weighted by Gasteiger charge is -2.32. The molecule has 3 unspecified atom stereocenters. The molecule has 0 saturated carbocycles. The molecule has 0 bridgehead atoms. The topological polar surface area (TPSA) is 55.6 Å². The van der Waals surface area contributed by atoms with Crippen LogP contribution in [-0.2, 0) is 9.53 Å². The van der Waals surface area contributed by atoms with E-state index in [1.807, 2.05) is 42.2 Å². The molecule has 0 aliphatic carbocycles. The largest absolute Gasteiger partial charge is 0.383 e. The Bertz CT molecular complexity index is 422. The molecule has 1 aromatic rings. The quantitative estimate of drug-likeness (QED) is 0.801. The Morgan fingerprint density at radius 3 is 2.43 bits per heavy atom. The molecular weight excluding hydrogens is 264 g/mol. The Balaban J connectivity index is 2.81. The van der Waals surface area contributed by atoms with Gasteiger partial charge in [0.1, 0.15) is 0 Å². The van der Waals surface area contributed by atoms with Gasteiger partial charge in [-0.15, -0.1) is 0 Å². The van der Waals surface area contributed by atoms with Crippen molar-refractivity contribution in [3.05, 3.63) is 35.9 Å². The van der Waals surface area contributed by atoms with Crippen LogP contribution in [0.1, 0.15) is 38.8 Å². The fraction of sp³-hybridized carbons (Fsp3) is 0.588. The first-order valence-electron chi connectivity index (χ1n) is 7.62. The van der Waals surface area contributed by atoms with Gasteiger partial charge in [0.05, 0.1) is 12.5 Å². The zero-order valence-electron chi connectivity index (χ0n) is 13.6. The third-order valence-corrected chi connectivity index (χ3v) is 4.05. The smallest absolute Gasteiger partial charge is 0.227 e. The molecule has 0 spiro atoms. The summed E-state index contributed by atoms with van der Waals surface area (Å²) in [5, 5.41) is 0. The highest BCUT2D eigenvalue weighted by molar-refractivity contribution is 5.79. The van der Waals surface area contributed by atoms with Gasteiger partial charge in [-0.2, -0.15) is 0 Å². The van der Waals surface area contributed by atoms with Gasteiger partial charge in [0, 0.05) is 25.7 Å². The van der Waals surface area contributed by atoms with Crippen LogP contribution in [0.5, 0.6) is 0 Å². The Labute approximate surface area is 128 Å². The van der Waals surface area contributed by atoms with Gasteiger partial charge in [0.15, 0.2) is 0 Å². The van der Waals surface area contributed by atoms with E-state index < -0.39 is 0 Å². The van der Waals surface area contributed by atoms with Crippen LogP contribution in [0, 0.1) is 5.92 Å². The molecule has 0 aliphatic rings. The fourth-order valence-electron chi connectivity index (χ4n) is 2.34. The lowest BCUT2D eigenvalue weighted by Crippen LogP contribution is -2.45. The molecule has 0 heterocycles. The third-order valence-electron chi connectivity index (χ3n) is 4.05. The number of hydrogen-bond acceptors (Lipinski definition) is 3. The van der Waals surface area contributed by atoms with Crippen molar-refractivity contribution in [3.8, 4) is 0 Å². The fourth-order valence-corrected chi connectivity index (χ4v) is 2.34. The number of rotatable bonds is 8. The van der Waals surface area contributed by atoms with Crippen LogP contribution in [0.2, 0.25) is 0 Å². The Kier molecular flexibility index (Phi) is 7.40.